The molecule has 0 saturated heterocycles. The van der Waals surface area contributed by atoms with Crippen LogP contribution in [0.2, 0.25) is 0 Å². The molecule has 0 fully saturated rings. The normalized spacial score (nSPS) is 10.1. The molecule has 0 aliphatic carbocycles. The maximum Gasteiger partial charge on any atom is 0.337 e. The summed E-state index contributed by atoms with van der Waals surface area (Å²) in [5.74, 6) is -0.981. The van der Waals surface area contributed by atoms with Crippen LogP contribution in [0.3, 0.4) is 0 Å². The van der Waals surface area contributed by atoms with Gasteiger partial charge in [0.15, 0.2) is 11.6 Å². The van der Waals surface area contributed by atoms with E-state index in [1.807, 2.05) is 0 Å². The van der Waals surface area contributed by atoms with Crippen molar-refractivity contribution in [3.05, 3.63) is 29.6 Å². The van der Waals surface area contributed by atoms with E-state index >= 15 is 0 Å². The summed E-state index contributed by atoms with van der Waals surface area (Å²) in [7, 11) is 2.85. The fourth-order valence-corrected chi connectivity index (χ4v) is 1.24. The van der Waals surface area contributed by atoms with Crippen LogP contribution < -0.4 is 4.74 Å². The Morgan fingerprint density at radius 2 is 2.06 bits per heavy atom. The molecule has 1 aromatic carbocycles. The summed E-state index contributed by atoms with van der Waals surface area (Å²) in [5.41, 5.74) is 0.260. The molecular formula is C12H15FO4. The maximum absolute atomic E-state index is 13.3. The second-order valence-corrected chi connectivity index (χ2v) is 3.33. The molecule has 0 radical (unpaired) electrons. The first-order valence-electron chi connectivity index (χ1n) is 5.18. The molecule has 0 unspecified atom stereocenters. The Kier molecular flexibility index (Phi) is 5.42. The summed E-state index contributed by atoms with van der Waals surface area (Å²) in [6, 6.07) is 3.86. The number of carbonyl (C=O) groups excluding carboxylic acids is 1. The van der Waals surface area contributed by atoms with E-state index in [1.165, 1.54) is 25.3 Å². The van der Waals surface area contributed by atoms with Gasteiger partial charge in [-0.15, -0.1) is 0 Å². The molecule has 0 atom stereocenters. The minimum Gasteiger partial charge on any atom is -0.490 e. The summed E-state index contributed by atoms with van der Waals surface area (Å²) >= 11 is 0. The Hall–Kier alpha value is -1.62. The van der Waals surface area contributed by atoms with Gasteiger partial charge in [-0.3, -0.25) is 0 Å². The van der Waals surface area contributed by atoms with Gasteiger partial charge in [-0.05, 0) is 18.2 Å². The number of carbonyl (C=O) groups is 1. The molecule has 0 aromatic heterocycles. The highest BCUT2D eigenvalue weighted by molar-refractivity contribution is 5.89. The van der Waals surface area contributed by atoms with Crippen LogP contribution in [0.15, 0.2) is 18.2 Å². The van der Waals surface area contributed by atoms with Crippen molar-refractivity contribution in [2.24, 2.45) is 0 Å². The molecule has 94 valence electrons. The van der Waals surface area contributed by atoms with Crippen molar-refractivity contribution < 1.29 is 23.4 Å². The Morgan fingerprint density at radius 3 is 2.71 bits per heavy atom. The highest BCUT2D eigenvalue weighted by Crippen LogP contribution is 2.19. The number of methoxy groups -OCH3 is 2. The Bertz CT molecular complexity index is 379. The van der Waals surface area contributed by atoms with E-state index in [9.17, 15) is 9.18 Å². The van der Waals surface area contributed by atoms with Gasteiger partial charge in [-0.2, -0.15) is 0 Å². The number of hydrogen-bond acceptors (Lipinski definition) is 4. The van der Waals surface area contributed by atoms with Crippen LogP contribution in [0, 0.1) is 5.82 Å². The second-order valence-electron chi connectivity index (χ2n) is 3.33. The van der Waals surface area contributed by atoms with Gasteiger partial charge in [0, 0.05) is 20.1 Å². The van der Waals surface area contributed by atoms with Crippen LogP contribution in [0.5, 0.6) is 5.75 Å². The Morgan fingerprint density at radius 1 is 1.29 bits per heavy atom. The molecular weight excluding hydrogens is 227 g/mol. The summed E-state index contributed by atoms with van der Waals surface area (Å²) < 4.78 is 27.9. The summed E-state index contributed by atoms with van der Waals surface area (Å²) in [4.78, 5) is 11.2. The van der Waals surface area contributed by atoms with E-state index in [-0.39, 0.29) is 11.3 Å². The number of rotatable bonds is 6. The zero-order chi connectivity index (χ0) is 12.7. The van der Waals surface area contributed by atoms with Crippen LogP contribution in [-0.2, 0) is 9.47 Å². The molecule has 4 nitrogen and oxygen atoms in total. The molecule has 0 N–H and O–H groups in total. The molecule has 0 heterocycles. The molecule has 1 aromatic rings. The zero-order valence-electron chi connectivity index (χ0n) is 9.86. The van der Waals surface area contributed by atoms with Crippen molar-refractivity contribution in [3.63, 3.8) is 0 Å². The lowest BCUT2D eigenvalue weighted by Gasteiger charge is -2.08. The van der Waals surface area contributed by atoms with Gasteiger partial charge in [-0.1, -0.05) is 0 Å². The first kappa shape index (κ1) is 13.4. The third-order valence-corrected chi connectivity index (χ3v) is 2.10. The lowest BCUT2D eigenvalue weighted by atomic mass is 10.2. The van der Waals surface area contributed by atoms with Crippen molar-refractivity contribution in [1.29, 1.82) is 0 Å². The second kappa shape index (κ2) is 6.85. The largest absolute Gasteiger partial charge is 0.490 e. The van der Waals surface area contributed by atoms with Crippen molar-refractivity contribution in [1.82, 2.24) is 0 Å². The third-order valence-electron chi connectivity index (χ3n) is 2.10. The average molecular weight is 242 g/mol. The van der Waals surface area contributed by atoms with Crippen LogP contribution in [-0.4, -0.2) is 33.4 Å². The lowest BCUT2D eigenvalue weighted by molar-refractivity contribution is 0.0600. The van der Waals surface area contributed by atoms with Crippen molar-refractivity contribution in [2.75, 3.05) is 27.4 Å². The number of benzene rings is 1. The number of hydrogen-bond donors (Lipinski definition) is 0. The van der Waals surface area contributed by atoms with Crippen LogP contribution in [0.4, 0.5) is 4.39 Å². The SMILES string of the molecule is COCCCOc1cc(C(=O)OC)ccc1F. The Labute approximate surface area is 99.3 Å². The fourth-order valence-electron chi connectivity index (χ4n) is 1.24. The number of ether oxygens (including phenoxy) is 3. The standard InChI is InChI=1S/C12H15FO4/c1-15-6-3-7-17-11-8-9(12(14)16-2)4-5-10(11)13/h4-5,8H,3,6-7H2,1-2H3. The molecule has 17 heavy (non-hydrogen) atoms. The van der Waals surface area contributed by atoms with Crippen LogP contribution in [0.25, 0.3) is 0 Å². The number of esters is 1. The summed E-state index contributed by atoms with van der Waals surface area (Å²) in [6.07, 6.45) is 0.651. The molecule has 0 aliphatic heterocycles. The van der Waals surface area contributed by atoms with E-state index in [0.717, 1.165) is 0 Å². The minimum atomic E-state index is -0.522. The smallest absolute Gasteiger partial charge is 0.337 e. The molecule has 0 amide bonds. The van der Waals surface area contributed by atoms with E-state index in [4.69, 9.17) is 9.47 Å². The third kappa shape index (κ3) is 4.03. The van der Waals surface area contributed by atoms with E-state index in [1.54, 1.807) is 7.11 Å². The molecule has 0 bridgehead atoms. The highest BCUT2D eigenvalue weighted by Gasteiger charge is 2.10. The van der Waals surface area contributed by atoms with Gasteiger partial charge in [0.25, 0.3) is 0 Å². The van der Waals surface area contributed by atoms with E-state index in [2.05, 4.69) is 4.74 Å². The Balaban J connectivity index is 2.66. The predicted octanol–water partition coefficient (Wildman–Crippen LogP) is 2.03. The molecule has 1 rings (SSSR count). The van der Waals surface area contributed by atoms with Crippen molar-refractivity contribution >= 4 is 5.97 Å². The van der Waals surface area contributed by atoms with E-state index < -0.39 is 11.8 Å². The van der Waals surface area contributed by atoms with Gasteiger partial charge in [0.2, 0.25) is 0 Å². The van der Waals surface area contributed by atoms with Gasteiger partial charge in [0.05, 0.1) is 19.3 Å². The molecule has 5 heteroatoms. The molecule has 0 aliphatic rings. The predicted molar refractivity (Wildman–Crippen MR) is 59.7 cm³/mol. The first-order valence-corrected chi connectivity index (χ1v) is 5.18. The topological polar surface area (TPSA) is 44.8 Å². The van der Waals surface area contributed by atoms with Crippen LogP contribution in [0.1, 0.15) is 16.8 Å². The van der Waals surface area contributed by atoms with Crippen molar-refractivity contribution in [2.45, 2.75) is 6.42 Å². The van der Waals surface area contributed by atoms with Crippen molar-refractivity contribution in [3.8, 4) is 5.75 Å². The highest BCUT2D eigenvalue weighted by atomic mass is 19.1. The average Bonchev–Trinajstić information content (AvgIpc) is 2.35. The lowest BCUT2D eigenvalue weighted by Crippen LogP contribution is -2.05. The monoisotopic (exact) mass is 242 g/mol. The summed E-state index contributed by atoms with van der Waals surface area (Å²) in [6.45, 7) is 0.869. The summed E-state index contributed by atoms with van der Waals surface area (Å²) in [5, 5.41) is 0. The minimum absolute atomic E-state index is 0.0454. The zero-order valence-corrected chi connectivity index (χ0v) is 9.86. The molecule has 0 spiro atoms. The fraction of sp³-hybridized carbons (Fsp3) is 0.417. The first-order chi connectivity index (χ1) is 8.19. The van der Waals surface area contributed by atoms with Gasteiger partial charge >= 0.3 is 5.97 Å². The van der Waals surface area contributed by atoms with Crippen LogP contribution >= 0.6 is 0 Å². The van der Waals surface area contributed by atoms with Gasteiger partial charge in [0.1, 0.15) is 0 Å². The maximum atomic E-state index is 13.3. The van der Waals surface area contributed by atoms with Gasteiger partial charge < -0.3 is 14.2 Å². The molecule has 0 saturated carbocycles. The van der Waals surface area contributed by atoms with E-state index in [0.29, 0.717) is 19.6 Å². The number of halogens is 1. The quantitative estimate of drug-likeness (QED) is 0.565. The van der Waals surface area contributed by atoms with Gasteiger partial charge in [-0.25, -0.2) is 9.18 Å².